The number of nitrogens with one attached hydrogen (secondary N) is 2. The van der Waals surface area contributed by atoms with Crippen molar-refractivity contribution in [2.75, 3.05) is 5.32 Å². The van der Waals surface area contributed by atoms with Gasteiger partial charge in [0.15, 0.2) is 0 Å². The first-order valence-corrected chi connectivity index (χ1v) is 8.76. The number of carboxylic acids is 1. The third-order valence-corrected chi connectivity index (χ3v) is 5.73. The number of hydrogen-bond acceptors (Lipinski definition) is 7. The Morgan fingerprint density at radius 3 is 2.36 bits per heavy atom. The van der Waals surface area contributed by atoms with Crippen molar-refractivity contribution in [3.8, 4) is 0 Å². The van der Waals surface area contributed by atoms with Crippen molar-refractivity contribution in [1.82, 2.24) is 14.7 Å². The molecule has 1 aliphatic rings. The molecule has 0 bridgehead atoms. The van der Waals surface area contributed by atoms with Crippen molar-refractivity contribution < 1.29 is 23.1 Å². The van der Waals surface area contributed by atoms with Crippen molar-refractivity contribution in [1.29, 1.82) is 0 Å². The molecule has 25 heavy (non-hydrogen) atoms. The van der Waals surface area contributed by atoms with Crippen LogP contribution in [0, 0.1) is 19.8 Å². The van der Waals surface area contributed by atoms with E-state index in [2.05, 4.69) is 15.3 Å². The van der Waals surface area contributed by atoms with Gasteiger partial charge >= 0.3 is 6.03 Å². The standard InChI is InChI=1S/C15H18N4O5S/c1-9-8-10(2)17-13(16-9)18-14(22)19-25(23,24)15(3)7-5-4-6-11(15)12(20)21/h4-8,11H,1-3H3,(H,20,21)(H2,16,17,18,19,22)/p-1. The molecule has 0 saturated carbocycles. The lowest BCUT2D eigenvalue weighted by Gasteiger charge is -2.34. The maximum atomic E-state index is 12.6. The van der Waals surface area contributed by atoms with E-state index in [9.17, 15) is 23.1 Å². The van der Waals surface area contributed by atoms with E-state index < -0.39 is 32.7 Å². The van der Waals surface area contributed by atoms with Crippen LogP contribution in [0.3, 0.4) is 0 Å². The maximum absolute atomic E-state index is 12.6. The van der Waals surface area contributed by atoms with Gasteiger partial charge in [0, 0.05) is 17.3 Å². The van der Waals surface area contributed by atoms with Gasteiger partial charge in [-0.05, 0) is 26.8 Å². The van der Waals surface area contributed by atoms with Crippen LogP contribution in [-0.4, -0.2) is 35.1 Å². The summed E-state index contributed by atoms with van der Waals surface area (Å²) in [6.07, 6.45) is 5.18. The molecule has 2 amide bonds. The van der Waals surface area contributed by atoms with E-state index in [1.165, 1.54) is 31.2 Å². The zero-order valence-electron chi connectivity index (χ0n) is 13.8. The first-order chi connectivity index (χ1) is 11.5. The minimum absolute atomic E-state index is 0.0640. The number of aliphatic carboxylic acids is 1. The summed E-state index contributed by atoms with van der Waals surface area (Å²) >= 11 is 0. The highest BCUT2D eigenvalue weighted by Crippen LogP contribution is 2.31. The highest BCUT2D eigenvalue weighted by Gasteiger charge is 2.45. The minimum atomic E-state index is -4.39. The normalized spacial score (nSPS) is 22.4. The second-order valence-electron chi connectivity index (χ2n) is 5.76. The molecule has 1 aliphatic carbocycles. The van der Waals surface area contributed by atoms with E-state index in [0.717, 1.165) is 0 Å². The van der Waals surface area contributed by atoms with E-state index in [0.29, 0.717) is 11.4 Å². The number of sulfonamides is 1. The van der Waals surface area contributed by atoms with Gasteiger partial charge in [0.05, 0.1) is 5.97 Å². The summed E-state index contributed by atoms with van der Waals surface area (Å²) in [6, 6.07) is 0.594. The van der Waals surface area contributed by atoms with E-state index in [1.54, 1.807) is 24.6 Å². The van der Waals surface area contributed by atoms with Gasteiger partial charge in [0.2, 0.25) is 16.0 Å². The molecule has 2 atom stereocenters. The zero-order valence-corrected chi connectivity index (χ0v) is 14.6. The Bertz CT molecular complexity index is 858. The van der Waals surface area contributed by atoms with Gasteiger partial charge in [-0.3, -0.25) is 5.32 Å². The Labute approximate surface area is 144 Å². The lowest BCUT2D eigenvalue weighted by atomic mass is 9.89. The van der Waals surface area contributed by atoms with Crippen molar-refractivity contribution in [2.45, 2.75) is 25.5 Å². The van der Waals surface area contributed by atoms with Crippen molar-refractivity contribution in [2.24, 2.45) is 5.92 Å². The molecule has 0 fully saturated rings. The Balaban J connectivity index is 2.22. The number of urea groups is 1. The molecule has 134 valence electrons. The molecule has 0 aliphatic heterocycles. The molecule has 1 aromatic rings. The molecule has 1 aromatic heterocycles. The van der Waals surface area contributed by atoms with E-state index in [-0.39, 0.29) is 5.95 Å². The number of allylic oxidation sites excluding steroid dienone is 2. The Morgan fingerprint density at radius 2 is 1.80 bits per heavy atom. The molecule has 0 spiro atoms. The number of anilines is 1. The Hall–Kier alpha value is -2.75. The van der Waals surface area contributed by atoms with Gasteiger partial charge in [0.1, 0.15) is 4.75 Å². The maximum Gasteiger partial charge on any atom is 0.335 e. The fourth-order valence-electron chi connectivity index (χ4n) is 2.43. The van der Waals surface area contributed by atoms with Gasteiger partial charge in [0.25, 0.3) is 0 Å². The first-order valence-electron chi connectivity index (χ1n) is 7.28. The third-order valence-electron chi connectivity index (χ3n) is 3.73. The minimum Gasteiger partial charge on any atom is -0.549 e. The van der Waals surface area contributed by atoms with Gasteiger partial charge < -0.3 is 9.90 Å². The summed E-state index contributed by atoms with van der Waals surface area (Å²) in [5, 5.41) is 13.5. The van der Waals surface area contributed by atoms with Gasteiger partial charge in [-0.25, -0.2) is 27.9 Å². The van der Waals surface area contributed by atoms with Crippen LogP contribution in [-0.2, 0) is 14.8 Å². The first kappa shape index (κ1) is 18.6. The number of nitrogens with zero attached hydrogens (tertiary/aromatic N) is 2. The second kappa shape index (κ2) is 6.63. The number of rotatable bonds is 4. The fourth-order valence-corrected chi connectivity index (χ4v) is 3.71. The summed E-state index contributed by atoms with van der Waals surface area (Å²) < 4.78 is 25.1. The Morgan fingerprint density at radius 1 is 1.20 bits per heavy atom. The van der Waals surface area contributed by atoms with Crippen LogP contribution in [0.2, 0.25) is 0 Å². The van der Waals surface area contributed by atoms with Crippen LogP contribution in [0.15, 0.2) is 30.4 Å². The summed E-state index contributed by atoms with van der Waals surface area (Å²) in [5.41, 5.74) is 1.19. The lowest BCUT2D eigenvalue weighted by molar-refractivity contribution is -0.310. The number of carboxylic acid groups (broad SMARTS) is 1. The molecule has 9 nitrogen and oxygen atoms in total. The molecule has 2 N–H and O–H groups in total. The summed E-state index contributed by atoms with van der Waals surface area (Å²) in [7, 11) is -4.39. The highest BCUT2D eigenvalue weighted by molar-refractivity contribution is 7.91. The van der Waals surface area contributed by atoms with E-state index >= 15 is 0 Å². The summed E-state index contributed by atoms with van der Waals surface area (Å²) in [5.74, 6) is -3.07. The van der Waals surface area contributed by atoms with Crippen LogP contribution >= 0.6 is 0 Å². The predicted octanol–water partition coefficient (Wildman–Crippen LogP) is -0.204. The molecule has 2 rings (SSSR count). The number of hydrogen-bond donors (Lipinski definition) is 2. The summed E-state index contributed by atoms with van der Waals surface area (Å²) in [4.78, 5) is 31.2. The SMILES string of the molecule is Cc1cc(C)nc(NC(=O)NS(=O)(=O)C2(C)C=CC=CC2C(=O)[O-])n1. The second-order valence-corrected chi connectivity index (χ2v) is 7.85. The molecule has 0 aromatic carbocycles. The molecular formula is C15H17N4O5S-. The van der Waals surface area contributed by atoms with Gasteiger partial charge in [-0.15, -0.1) is 0 Å². The number of carbonyl (C=O) groups excluding carboxylic acids is 2. The number of amides is 2. The molecule has 1 heterocycles. The van der Waals surface area contributed by atoms with Crippen LogP contribution in [0.1, 0.15) is 18.3 Å². The topological polar surface area (TPSA) is 141 Å². The number of aromatic nitrogens is 2. The molecule has 2 unspecified atom stereocenters. The predicted molar refractivity (Wildman–Crippen MR) is 87.8 cm³/mol. The van der Waals surface area contributed by atoms with E-state index in [1.807, 2.05) is 0 Å². The fraction of sp³-hybridized carbons (Fsp3) is 0.333. The smallest absolute Gasteiger partial charge is 0.335 e. The average Bonchev–Trinajstić information content (AvgIpc) is 2.45. The molecule has 0 radical (unpaired) electrons. The number of aryl methyl sites for hydroxylation is 2. The van der Waals surface area contributed by atoms with Crippen LogP contribution < -0.4 is 15.1 Å². The van der Waals surface area contributed by atoms with Gasteiger partial charge in [-0.2, -0.15) is 0 Å². The monoisotopic (exact) mass is 365 g/mol. The van der Waals surface area contributed by atoms with Crippen LogP contribution in [0.5, 0.6) is 0 Å². The Kier molecular flexibility index (Phi) is 4.93. The van der Waals surface area contributed by atoms with Crippen molar-refractivity contribution in [3.63, 3.8) is 0 Å². The van der Waals surface area contributed by atoms with Crippen molar-refractivity contribution >= 4 is 28.0 Å². The average molecular weight is 365 g/mol. The van der Waals surface area contributed by atoms with Crippen LogP contribution in [0.25, 0.3) is 0 Å². The van der Waals surface area contributed by atoms with Gasteiger partial charge in [-0.1, -0.05) is 24.3 Å². The zero-order chi connectivity index (χ0) is 18.8. The quantitative estimate of drug-likeness (QED) is 0.752. The third kappa shape index (κ3) is 3.85. The molecule has 10 heteroatoms. The van der Waals surface area contributed by atoms with Crippen molar-refractivity contribution in [3.05, 3.63) is 41.8 Å². The molecular weight excluding hydrogens is 348 g/mol. The molecule has 0 saturated heterocycles. The largest absolute Gasteiger partial charge is 0.549 e. The summed E-state index contributed by atoms with van der Waals surface area (Å²) in [6.45, 7) is 4.58. The van der Waals surface area contributed by atoms with E-state index in [4.69, 9.17) is 0 Å². The lowest BCUT2D eigenvalue weighted by Crippen LogP contribution is -2.55. The highest BCUT2D eigenvalue weighted by atomic mass is 32.2. The number of carbonyl (C=O) groups is 2. The van der Waals surface area contributed by atoms with Crippen LogP contribution in [0.4, 0.5) is 10.7 Å².